The van der Waals surface area contributed by atoms with Crippen LogP contribution in [0.4, 0.5) is 19.0 Å². The molecule has 0 saturated heterocycles. The summed E-state index contributed by atoms with van der Waals surface area (Å²) in [5, 5.41) is 9.34. The van der Waals surface area contributed by atoms with E-state index in [0.29, 0.717) is 17.9 Å². The first-order valence-corrected chi connectivity index (χ1v) is 7.80. The largest absolute Gasteiger partial charge is 0.398 e. The number of hydrogen-bond donors (Lipinski definition) is 2. The molecule has 1 aliphatic rings. The number of rotatable bonds is 4. The Labute approximate surface area is 152 Å². The minimum atomic E-state index is -4.32. The maximum atomic E-state index is 12.3. The Morgan fingerprint density at radius 2 is 2.15 bits per heavy atom. The fraction of sp³-hybridized carbons (Fsp3) is 0.250. The number of imidazole rings is 1. The molecular formula is C16H17F3N6O2. The van der Waals surface area contributed by atoms with E-state index in [-0.39, 0.29) is 11.5 Å². The number of allylic oxidation sites excluding steroid dienone is 5. The average molecular weight is 382 g/mol. The van der Waals surface area contributed by atoms with E-state index in [1.165, 1.54) is 18.2 Å². The zero-order chi connectivity index (χ0) is 19.9. The lowest BCUT2D eigenvalue weighted by molar-refractivity contribution is -0.149. The van der Waals surface area contributed by atoms with E-state index in [0.717, 1.165) is 18.7 Å². The van der Waals surface area contributed by atoms with Gasteiger partial charge in [0, 0.05) is 24.6 Å². The lowest BCUT2D eigenvalue weighted by Gasteiger charge is -2.12. The smallest absolute Gasteiger partial charge is 0.379 e. The van der Waals surface area contributed by atoms with Crippen LogP contribution in [0.15, 0.2) is 53.1 Å². The Bertz CT molecular complexity index is 850. The highest BCUT2D eigenvalue weighted by Gasteiger charge is 2.36. The number of carbonyl (C=O) groups is 1. The van der Waals surface area contributed by atoms with Crippen molar-refractivity contribution in [3.05, 3.63) is 48.5 Å². The van der Waals surface area contributed by atoms with E-state index in [1.807, 2.05) is 17.7 Å². The van der Waals surface area contributed by atoms with Gasteiger partial charge in [0.05, 0.1) is 5.92 Å². The molecular weight excluding hydrogens is 365 g/mol. The molecule has 0 fully saturated rings. The number of nitrogens with one attached hydrogen (secondary N) is 1. The van der Waals surface area contributed by atoms with Gasteiger partial charge in [-0.05, 0) is 29.4 Å². The first-order valence-electron chi connectivity index (χ1n) is 7.80. The zero-order valence-electron chi connectivity index (χ0n) is 14.2. The molecule has 1 aliphatic carbocycles. The maximum absolute atomic E-state index is 12.3. The van der Waals surface area contributed by atoms with Gasteiger partial charge in [-0.2, -0.15) is 13.2 Å². The predicted octanol–water partition coefficient (Wildman–Crippen LogP) is 2.46. The van der Waals surface area contributed by atoms with Gasteiger partial charge in [0.2, 0.25) is 6.41 Å². The number of halogens is 3. The Kier molecular flexibility index (Phi) is 6.52. The lowest BCUT2D eigenvalue weighted by Crippen LogP contribution is -2.20. The molecule has 0 radical (unpaired) electrons. The fourth-order valence-corrected chi connectivity index (χ4v) is 2.15. The van der Waals surface area contributed by atoms with Crippen molar-refractivity contribution < 1.29 is 22.6 Å². The monoisotopic (exact) mass is 382 g/mol. The molecule has 2 heterocycles. The van der Waals surface area contributed by atoms with Crippen molar-refractivity contribution in [1.29, 1.82) is 0 Å². The van der Waals surface area contributed by atoms with Gasteiger partial charge >= 0.3 is 6.18 Å². The Morgan fingerprint density at radius 3 is 2.74 bits per heavy atom. The van der Waals surface area contributed by atoms with Crippen molar-refractivity contribution in [2.75, 3.05) is 5.73 Å². The summed E-state index contributed by atoms with van der Waals surface area (Å²) in [5.41, 5.74) is 6.17. The van der Waals surface area contributed by atoms with Gasteiger partial charge < -0.3 is 15.6 Å². The third kappa shape index (κ3) is 5.30. The summed E-state index contributed by atoms with van der Waals surface area (Å²) in [4.78, 5) is 14.2. The first kappa shape index (κ1) is 19.9. The van der Waals surface area contributed by atoms with Gasteiger partial charge in [0.15, 0.2) is 17.3 Å². The Hall–Kier alpha value is -3.37. The predicted molar refractivity (Wildman–Crippen MR) is 90.7 cm³/mol. The number of amides is 1. The van der Waals surface area contributed by atoms with Gasteiger partial charge in [0.25, 0.3) is 0 Å². The van der Waals surface area contributed by atoms with E-state index >= 15 is 0 Å². The van der Waals surface area contributed by atoms with Gasteiger partial charge in [-0.1, -0.05) is 18.2 Å². The number of nitrogens with zero attached hydrogens (tertiary/aromatic N) is 4. The number of alkyl halides is 3. The van der Waals surface area contributed by atoms with Gasteiger partial charge in [-0.15, -0.1) is 0 Å². The van der Waals surface area contributed by atoms with Crippen LogP contribution >= 0.6 is 0 Å². The second kappa shape index (κ2) is 8.83. The van der Waals surface area contributed by atoms with Crippen molar-refractivity contribution >= 4 is 12.2 Å². The standard InChI is InChI=1S/C9H8F3NO.C7H9N5O/c10-9(11,12)7-3-1-2-4-8(5-7)13-6-14;1-2-12-4-3-9-7(12)5-6(8)11-13-10-5/h1-7H,(H,13,14);3-4H,2H2,1H3,(H2,8,11). The van der Waals surface area contributed by atoms with Crippen LogP contribution in [0, 0.1) is 5.92 Å². The number of nitrogen functional groups attached to an aromatic ring is 1. The summed E-state index contributed by atoms with van der Waals surface area (Å²) < 4.78 is 43.3. The van der Waals surface area contributed by atoms with Crippen LogP contribution in [-0.2, 0) is 11.3 Å². The molecule has 1 atom stereocenters. The van der Waals surface area contributed by atoms with Gasteiger partial charge in [0.1, 0.15) is 0 Å². The van der Waals surface area contributed by atoms with Crippen molar-refractivity contribution in [2.24, 2.45) is 5.92 Å². The molecule has 0 spiro atoms. The van der Waals surface area contributed by atoms with Crippen LogP contribution < -0.4 is 11.1 Å². The number of carbonyl (C=O) groups excluding carboxylic acids is 1. The highest BCUT2D eigenvalue weighted by atomic mass is 19.4. The summed E-state index contributed by atoms with van der Waals surface area (Å²) in [5.74, 6) is -0.706. The number of aromatic nitrogens is 4. The third-order valence-corrected chi connectivity index (χ3v) is 3.45. The highest BCUT2D eigenvalue weighted by Crippen LogP contribution is 2.30. The van der Waals surface area contributed by atoms with Crippen LogP contribution in [0.25, 0.3) is 11.5 Å². The minimum absolute atomic E-state index is 0.146. The second-order valence-corrected chi connectivity index (χ2v) is 5.23. The van der Waals surface area contributed by atoms with Crippen molar-refractivity contribution in [3.63, 3.8) is 0 Å². The molecule has 8 nitrogen and oxygen atoms in total. The van der Waals surface area contributed by atoms with Gasteiger partial charge in [-0.25, -0.2) is 9.61 Å². The Morgan fingerprint density at radius 1 is 1.37 bits per heavy atom. The quantitative estimate of drug-likeness (QED) is 0.786. The zero-order valence-corrected chi connectivity index (χ0v) is 14.2. The topological polar surface area (TPSA) is 112 Å². The van der Waals surface area contributed by atoms with Crippen molar-refractivity contribution in [3.8, 4) is 11.5 Å². The van der Waals surface area contributed by atoms with Crippen molar-refractivity contribution in [1.82, 2.24) is 25.2 Å². The third-order valence-electron chi connectivity index (χ3n) is 3.45. The van der Waals surface area contributed by atoms with E-state index < -0.39 is 12.1 Å². The summed E-state index contributed by atoms with van der Waals surface area (Å²) in [7, 11) is 0. The van der Waals surface area contributed by atoms with Crippen LogP contribution in [0.1, 0.15) is 6.92 Å². The number of nitrogens with two attached hydrogens (primary N) is 1. The molecule has 0 saturated carbocycles. The molecule has 11 heteroatoms. The molecule has 1 amide bonds. The van der Waals surface area contributed by atoms with Gasteiger partial charge in [-0.3, -0.25) is 4.79 Å². The molecule has 3 N–H and O–H groups in total. The van der Waals surface area contributed by atoms with Crippen LogP contribution in [0.2, 0.25) is 0 Å². The molecule has 0 bridgehead atoms. The summed E-state index contributed by atoms with van der Waals surface area (Å²) in [6.07, 6.45) is 5.67. The molecule has 2 aromatic rings. The SMILES string of the molecule is CCn1ccnc1-c1nonc1N.O=CNC1=CC(C(F)(F)F)C=CC=C1. The summed E-state index contributed by atoms with van der Waals surface area (Å²) in [6, 6.07) is 0. The number of hydrogen-bond acceptors (Lipinski definition) is 6. The van der Waals surface area contributed by atoms with E-state index in [9.17, 15) is 18.0 Å². The lowest BCUT2D eigenvalue weighted by atomic mass is 10.1. The average Bonchev–Trinajstić information content (AvgIpc) is 3.17. The molecule has 0 aromatic carbocycles. The summed E-state index contributed by atoms with van der Waals surface area (Å²) in [6.45, 7) is 2.82. The number of anilines is 1. The van der Waals surface area contributed by atoms with E-state index in [1.54, 1.807) is 6.20 Å². The van der Waals surface area contributed by atoms with Crippen LogP contribution in [-0.4, -0.2) is 32.5 Å². The molecule has 2 aromatic heterocycles. The number of aryl methyl sites for hydroxylation is 1. The first-order chi connectivity index (χ1) is 12.9. The fourth-order valence-electron chi connectivity index (χ4n) is 2.15. The molecule has 3 rings (SSSR count). The second-order valence-electron chi connectivity index (χ2n) is 5.23. The van der Waals surface area contributed by atoms with Crippen molar-refractivity contribution in [2.45, 2.75) is 19.6 Å². The normalized spacial score (nSPS) is 16.1. The molecule has 144 valence electrons. The maximum Gasteiger partial charge on any atom is 0.398 e. The van der Waals surface area contributed by atoms with Crippen LogP contribution in [0.3, 0.4) is 0 Å². The molecule has 27 heavy (non-hydrogen) atoms. The Balaban J connectivity index is 0.000000194. The van der Waals surface area contributed by atoms with E-state index in [2.05, 4.69) is 25.2 Å². The molecule has 0 aliphatic heterocycles. The van der Waals surface area contributed by atoms with E-state index in [4.69, 9.17) is 5.73 Å². The highest BCUT2D eigenvalue weighted by molar-refractivity contribution is 5.62. The minimum Gasteiger partial charge on any atom is -0.379 e. The molecule has 1 unspecified atom stereocenters. The summed E-state index contributed by atoms with van der Waals surface area (Å²) >= 11 is 0. The van der Waals surface area contributed by atoms with Crippen LogP contribution in [0.5, 0.6) is 0 Å².